The number of fused-ring (bicyclic) bond motifs is 4. The van der Waals surface area contributed by atoms with E-state index in [4.69, 9.17) is 9.47 Å². The molecule has 292 valence electrons. The van der Waals surface area contributed by atoms with Gasteiger partial charge in [0.15, 0.2) is 0 Å². The van der Waals surface area contributed by atoms with Crippen LogP contribution >= 0.6 is 0 Å². The zero-order chi connectivity index (χ0) is 39.3. The molecule has 2 aliphatic heterocycles. The molecule has 1 unspecified atom stereocenters. The first kappa shape index (κ1) is 39.6. The summed E-state index contributed by atoms with van der Waals surface area (Å²) in [5.74, 6) is -2.94. The standard InChI is InChI=1S/C43H47N5O8/c49-37(46-34-17-7-14-31-16-8-22-44-41(31)34)25-33-13-4-5-19-39(51)48-23-9-18-36(48)42(53)45-26-38(50)47-35(43(54)56-27-29-10-2-1-3-11-29)20-21-40(52)55-28-30-12-6-15-32(33)24-30/h1-3,6-8,10-12,14-17,22,24,33,35-36H,4-5,9,13,18-21,23,25-28H2,(H,45,53)(H,46,49)(H,47,50)/t33?,35-,36-/m0/s1. The molecule has 0 saturated carbocycles. The van der Waals surface area contributed by atoms with E-state index < -0.39 is 42.4 Å². The molecule has 3 atom stereocenters. The number of para-hydroxylation sites is 1. The second-order valence-electron chi connectivity index (χ2n) is 14.2. The minimum atomic E-state index is -1.18. The summed E-state index contributed by atoms with van der Waals surface area (Å²) in [7, 11) is 0. The number of carbonyl (C=O) groups is 6. The van der Waals surface area contributed by atoms with Crippen LogP contribution in [0.1, 0.15) is 80.4 Å². The summed E-state index contributed by atoms with van der Waals surface area (Å²) in [6, 6.07) is 24.1. The molecule has 4 aromatic rings. The van der Waals surface area contributed by atoms with E-state index in [1.807, 2.05) is 72.8 Å². The van der Waals surface area contributed by atoms with Gasteiger partial charge in [-0.3, -0.25) is 29.0 Å². The largest absolute Gasteiger partial charge is 0.461 e. The van der Waals surface area contributed by atoms with Gasteiger partial charge in [-0.15, -0.1) is 0 Å². The van der Waals surface area contributed by atoms with Gasteiger partial charge in [-0.25, -0.2) is 4.79 Å². The number of nitrogens with one attached hydrogen (secondary N) is 3. The number of rotatable bonds is 6. The fraction of sp³-hybridized carbons (Fsp3) is 0.372. The van der Waals surface area contributed by atoms with Gasteiger partial charge in [-0.05, 0) is 66.8 Å². The molecule has 0 radical (unpaired) electrons. The number of cyclic esters (lactones) is 1. The molecule has 13 nitrogen and oxygen atoms in total. The van der Waals surface area contributed by atoms with Crippen molar-refractivity contribution in [2.24, 2.45) is 0 Å². The van der Waals surface area contributed by atoms with E-state index in [-0.39, 0.29) is 56.6 Å². The first-order valence-corrected chi connectivity index (χ1v) is 19.2. The number of anilines is 1. The maximum Gasteiger partial charge on any atom is 0.328 e. The molecule has 1 aromatic heterocycles. The van der Waals surface area contributed by atoms with Crippen molar-refractivity contribution in [3.8, 4) is 0 Å². The van der Waals surface area contributed by atoms with Gasteiger partial charge in [-0.2, -0.15) is 0 Å². The van der Waals surface area contributed by atoms with Crippen molar-refractivity contribution >= 4 is 52.2 Å². The Morgan fingerprint density at radius 2 is 1.70 bits per heavy atom. The first-order valence-electron chi connectivity index (χ1n) is 19.2. The molecule has 1 fully saturated rings. The highest BCUT2D eigenvalue weighted by atomic mass is 16.5. The second-order valence-corrected chi connectivity index (χ2v) is 14.2. The summed E-state index contributed by atoms with van der Waals surface area (Å²) >= 11 is 0. The molecule has 0 aliphatic carbocycles. The zero-order valence-corrected chi connectivity index (χ0v) is 31.2. The van der Waals surface area contributed by atoms with E-state index in [0.29, 0.717) is 49.9 Å². The van der Waals surface area contributed by atoms with Gasteiger partial charge < -0.3 is 30.3 Å². The van der Waals surface area contributed by atoms with Crippen molar-refractivity contribution in [1.29, 1.82) is 0 Å². The highest BCUT2D eigenvalue weighted by Crippen LogP contribution is 2.29. The summed E-state index contributed by atoms with van der Waals surface area (Å²) in [4.78, 5) is 85.3. The van der Waals surface area contributed by atoms with Crippen LogP contribution in [0.2, 0.25) is 0 Å². The molecule has 3 N–H and O–H groups in total. The van der Waals surface area contributed by atoms with Crippen LogP contribution in [0.5, 0.6) is 0 Å². The number of esters is 2. The summed E-state index contributed by atoms with van der Waals surface area (Å²) < 4.78 is 11.1. The lowest BCUT2D eigenvalue weighted by Crippen LogP contribution is -2.50. The van der Waals surface area contributed by atoms with Crippen LogP contribution in [-0.4, -0.2) is 70.6 Å². The molecule has 6 rings (SSSR count). The summed E-state index contributed by atoms with van der Waals surface area (Å²) in [6.07, 6.45) is 4.73. The smallest absolute Gasteiger partial charge is 0.328 e. The summed E-state index contributed by atoms with van der Waals surface area (Å²) in [6.45, 7) is -0.0574. The molecule has 3 aromatic carbocycles. The predicted molar refractivity (Wildman–Crippen MR) is 208 cm³/mol. The van der Waals surface area contributed by atoms with E-state index in [1.54, 1.807) is 23.2 Å². The van der Waals surface area contributed by atoms with E-state index in [0.717, 1.165) is 22.1 Å². The van der Waals surface area contributed by atoms with Crippen molar-refractivity contribution in [3.05, 3.63) is 108 Å². The van der Waals surface area contributed by atoms with Gasteiger partial charge in [0.25, 0.3) is 0 Å². The lowest BCUT2D eigenvalue weighted by molar-refractivity contribution is -0.150. The Balaban J connectivity index is 1.18. The van der Waals surface area contributed by atoms with Crippen LogP contribution in [0.4, 0.5) is 5.69 Å². The van der Waals surface area contributed by atoms with Gasteiger partial charge in [0.2, 0.25) is 23.6 Å². The number of carbonyl (C=O) groups excluding carboxylic acids is 6. The Bertz CT molecular complexity index is 2030. The van der Waals surface area contributed by atoms with Crippen LogP contribution in [-0.2, 0) is 51.5 Å². The molecule has 1 saturated heterocycles. The number of amides is 4. The number of ether oxygens (including phenoxy) is 2. The maximum atomic E-state index is 13.6. The van der Waals surface area contributed by atoms with Crippen LogP contribution in [0.3, 0.4) is 0 Å². The number of hydrogen-bond acceptors (Lipinski definition) is 9. The average molecular weight is 762 g/mol. The molecular formula is C43H47N5O8. The second kappa shape index (κ2) is 19.5. The quantitative estimate of drug-likeness (QED) is 0.227. The number of benzene rings is 3. The Morgan fingerprint density at radius 3 is 2.55 bits per heavy atom. The van der Waals surface area contributed by atoms with Crippen LogP contribution in [0, 0.1) is 0 Å². The number of hydrogen-bond donors (Lipinski definition) is 3. The van der Waals surface area contributed by atoms with E-state index >= 15 is 0 Å². The topological polar surface area (TPSA) is 173 Å². The summed E-state index contributed by atoms with van der Waals surface area (Å²) in [5.41, 5.74) is 3.67. The molecule has 0 spiro atoms. The van der Waals surface area contributed by atoms with Crippen LogP contribution < -0.4 is 16.0 Å². The Kier molecular flexibility index (Phi) is 13.8. The minimum absolute atomic E-state index is 0.0296. The van der Waals surface area contributed by atoms with Crippen molar-refractivity contribution < 1.29 is 38.2 Å². The maximum absolute atomic E-state index is 13.6. The van der Waals surface area contributed by atoms with Gasteiger partial charge in [0.05, 0.1) is 17.7 Å². The van der Waals surface area contributed by atoms with Crippen molar-refractivity contribution in [2.75, 3.05) is 18.4 Å². The lowest BCUT2D eigenvalue weighted by atomic mass is 9.89. The molecule has 3 heterocycles. The third-order valence-corrected chi connectivity index (χ3v) is 10.1. The predicted octanol–water partition coefficient (Wildman–Crippen LogP) is 5.08. The third-order valence-electron chi connectivity index (χ3n) is 10.1. The van der Waals surface area contributed by atoms with E-state index in [2.05, 4.69) is 20.9 Å². The fourth-order valence-corrected chi connectivity index (χ4v) is 7.21. The molecule has 13 heteroatoms. The monoisotopic (exact) mass is 761 g/mol. The number of nitrogens with zero attached hydrogens (tertiary/aromatic N) is 2. The van der Waals surface area contributed by atoms with Crippen molar-refractivity contribution in [2.45, 2.75) is 89.0 Å². The van der Waals surface area contributed by atoms with Crippen LogP contribution in [0.15, 0.2) is 91.1 Å². The van der Waals surface area contributed by atoms with Gasteiger partial charge >= 0.3 is 11.9 Å². The third kappa shape index (κ3) is 11.0. The Hall–Kier alpha value is -6.11. The highest BCUT2D eigenvalue weighted by Gasteiger charge is 2.34. The minimum Gasteiger partial charge on any atom is -0.461 e. The SMILES string of the molecule is O=C(CC1CCCCC(=O)N2CCC[C@H]2C(=O)NCC(=O)N[C@H](C(=O)OCc2ccccc2)CCC(=O)OCc2cccc1c2)Nc1cccc2cccnc12. The highest BCUT2D eigenvalue weighted by molar-refractivity contribution is 6.00. The van der Waals surface area contributed by atoms with Gasteiger partial charge in [0.1, 0.15) is 25.3 Å². The Morgan fingerprint density at radius 1 is 0.875 bits per heavy atom. The number of pyridine rings is 1. The fourth-order valence-electron chi connectivity index (χ4n) is 7.21. The van der Waals surface area contributed by atoms with E-state index in [1.165, 1.54) is 0 Å². The van der Waals surface area contributed by atoms with Crippen molar-refractivity contribution in [3.63, 3.8) is 0 Å². The molecule has 56 heavy (non-hydrogen) atoms. The lowest BCUT2D eigenvalue weighted by Gasteiger charge is -2.24. The number of aromatic nitrogens is 1. The Labute approximate surface area is 325 Å². The first-order chi connectivity index (χ1) is 27.2. The van der Waals surface area contributed by atoms with Gasteiger partial charge in [0, 0.05) is 37.4 Å². The van der Waals surface area contributed by atoms with Crippen molar-refractivity contribution in [1.82, 2.24) is 20.5 Å². The molecule has 2 bridgehead atoms. The average Bonchev–Trinajstić information content (AvgIpc) is 3.72. The molecule has 2 aliphatic rings. The summed E-state index contributed by atoms with van der Waals surface area (Å²) in [5, 5.41) is 9.16. The van der Waals surface area contributed by atoms with Crippen LogP contribution in [0.25, 0.3) is 10.9 Å². The molecule has 4 amide bonds. The zero-order valence-electron chi connectivity index (χ0n) is 31.2. The van der Waals surface area contributed by atoms with Gasteiger partial charge in [-0.1, -0.05) is 79.2 Å². The molecular weight excluding hydrogens is 714 g/mol. The normalized spacial score (nSPS) is 20.4. The van der Waals surface area contributed by atoms with E-state index in [9.17, 15) is 28.8 Å².